The summed E-state index contributed by atoms with van der Waals surface area (Å²) in [5.74, 6) is -2.08. The predicted octanol–water partition coefficient (Wildman–Crippen LogP) is 5.63. The third-order valence-corrected chi connectivity index (χ3v) is 7.07. The zero-order valence-corrected chi connectivity index (χ0v) is 19.8. The number of hydrogen-bond acceptors (Lipinski definition) is 6. The number of thiazole rings is 1. The van der Waals surface area contributed by atoms with Gasteiger partial charge >= 0.3 is 5.91 Å². The first-order chi connectivity index (χ1) is 16.9. The number of anilines is 1. The van der Waals surface area contributed by atoms with Crippen LogP contribution in [0.5, 0.6) is 5.75 Å². The van der Waals surface area contributed by atoms with Crippen molar-refractivity contribution in [2.45, 2.75) is 19.4 Å². The number of benzene rings is 3. The van der Waals surface area contributed by atoms with Crippen LogP contribution in [0.15, 0.2) is 72.3 Å². The molecule has 0 spiro atoms. The topological polar surface area (TPSA) is 79.7 Å². The van der Waals surface area contributed by atoms with E-state index in [1.807, 2.05) is 18.2 Å². The summed E-state index contributed by atoms with van der Waals surface area (Å²) in [4.78, 5) is 32.7. The molecule has 0 unspecified atom stereocenters. The van der Waals surface area contributed by atoms with Crippen LogP contribution < -0.4 is 9.64 Å². The van der Waals surface area contributed by atoms with Crippen LogP contribution in [0.1, 0.15) is 29.7 Å². The van der Waals surface area contributed by atoms with Crippen molar-refractivity contribution in [1.82, 2.24) is 4.98 Å². The van der Waals surface area contributed by atoms with Crippen LogP contribution >= 0.6 is 11.3 Å². The van der Waals surface area contributed by atoms with Crippen molar-refractivity contribution >= 4 is 44.1 Å². The maximum absolute atomic E-state index is 13.5. The van der Waals surface area contributed by atoms with Crippen LogP contribution in [0.25, 0.3) is 16.0 Å². The second-order valence-corrected chi connectivity index (χ2v) is 9.08. The number of carbonyl (C=O) groups is 2. The smallest absolute Gasteiger partial charge is 0.301 e. The first kappa shape index (κ1) is 22.7. The molecule has 1 N–H and O–H groups in total. The number of aromatic nitrogens is 1. The Morgan fingerprint density at radius 2 is 1.86 bits per heavy atom. The molecule has 1 saturated heterocycles. The molecule has 1 aliphatic heterocycles. The largest absolute Gasteiger partial charge is 0.507 e. The van der Waals surface area contributed by atoms with Gasteiger partial charge in [-0.25, -0.2) is 9.37 Å². The molecule has 2 heterocycles. The average molecular weight is 489 g/mol. The Kier molecular flexibility index (Phi) is 5.82. The normalized spacial score (nSPS) is 17.3. The third-order valence-electron chi connectivity index (χ3n) is 6.05. The number of methoxy groups -OCH3 is 1. The van der Waals surface area contributed by atoms with E-state index in [0.717, 1.165) is 16.7 Å². The monoisotopic (exact) mass is 488 g/mol. The molecule has 176 valence electrons. The summed E-state index contributed by atoms with van der Waals surface area (Å²) in [6.45, 7) is 2.05. The van der Waals surface area contributed by atoms with Gasteiger partial charge < -0.3 is 9.84 Å². The molecule has 1 aromatic heterocycles. The number of halogens is 1. The van der Waals surface area contributed by atoms with E-state index in [0.29, 0.717) is 22.0 Å². The van der Waals surface area contributed by atoms with E-state index in [1.54, 1.807) is 24.3 Å². The Balaban J connectivity index is 1.74. The van der Waals surface area contributed by atoms with Gasteiger partial charge in [-0.3, -0.25) is 14.5 Å². The maximum atomic E-state index is 13.5. The minimum absolute atomic E-state index is 0.111. The van der Waals surface area contributed by atoms with Crippen LogP contribution in [0, 0.1) is 5.82 Å². The molecule has 1 fully saturated rings. The molecule has 5 rings (SSSR count). The molecule has 0 saturated carbocycles. The number of nitrogens with zero attached hydrogens (tertiary/aromatic N) is 2. The highest BCUT2D eigenvalue weighted by Crippen LogP contribution is 2.46. The number of Topliss-reactive ketones (excluding diaryl/α,β-unsaturated/α-hetero) is 1. The van der Waals surface area contributed by atoms with Crippen molar-refractivity contribution < 1.29 is 23.8 Å². The van der Waals surface area contributed by atoms with Gasteiger partial charge in [0, 0.05) is 11.1 Å². The lowest BCUT2D eigenvalue weighted by Gasteiger charge is -2.24. The molecule has 1 atom stereocenters. The van der Waals surface area contributed by atoms with Gasteiger partial charge in [0.2, 0.25) is 0 Å². The molecule has 0 bridgehead atoms. The van der Waals surface area contributed by atoms with Crippen LogP contribution in [-0.2, 0) is 16.0 Å². The molecule has 4 aromatic rings. The lowest BCUT2D eigenvalue weighted by molar-refractivity contribution is -0.132. The maximum Gasteiger partial charge on any atom is 0.301 e. The van der Waals surface area contributed by atoms with Gasteiger partial charge in [0.25, 0.3) is 5.78 Å². The van der Waals surface area contributed by atoms with E-state index in [1.165, 1.54) is 47.6 Å². The van der Waals surface area contributed by atoms with Gasteiger partial charge in [-0.05, 0) is 54.4 Å². The summed E-state index contributed by atoms with van der Waals surface area (Å²) in [7, 11) is 1.49. The molecule has 1 aliphatic rings. The van der Waals surface area contributed by atoms with E-state index in [9.17, 15) is 19.1 Å². The number of aryl methyl sites for hydroxylation is 1. The van der Waals surface area contributed by atoms with Gasteiger partial charge in [-0.1, -0.05) is 42.5 Å². The SMILES string of the molecule is CCc1ccc2nc(N3C(=O)C(=O)C(=C(O)c4ccc(F)cc4)[C@@H]3c3ccccc3OC)sc2c1. The quantitative estimate of drug-likeness (QED) is 0.224. The van der Waals surface area contributed by atoms with Gasteiger partial charge in [-0.15, -0.1) is 0 Å². The first-order valence-corrected chi connectivity index (χ1v) is 11.8. The Labute approximate surface area is 204 Å². The summed E-state index contributed by atoms with van der Waals surface area (Å²) in [5.41, 5.74) is 2.47. The fourth-order valence-electron chi connectivity index (χ4n) is 4.26. The number of aliphatic hydroxyl groups excluding tert-OH is 1. The van der Waals surface area contributed by atoms with Gasteiger partial charge in [-0.2, -0.15) is 0 Å². The predicted molar refractivity (Wildman–Crippen MR) is 133 cm³/mol. The zero-order chi connectivity index (χ0) is 24.7. The molecule has 35 heavy (non-hydrogen) atoms. The van der Waals surface area contributed by atoms with Crippen molar-refractivity contribution in [3.8, 4) is 5.75 Å². The van der Waals surface area contributed by atoms with E-state index in [-0.39, 0.29) is 11.1 Å². The minimum atomic E-state index is -0.984. The Morgan fingerprint density at radius 1 is 1.11 bits per heavy atom. The highest BCUT2D eigenvalue weighted by atomic mass is 32.1. The fourth-order valence-corrected chi connectivity index (χ4v) is 5.32. The van der Waals surface area contributed by atoms with Crippen molar-refractivity contribution in [3.63, 3.8) is 0 Å². The number of para-hydroxylation sites is 1. The second-order valence-electron chi connectivity index (χ2n) is 8.07. The van der Waals surface area contributed by atoms with Crippen LogP contribution in [0.4, 0.5) is 9.52 Å². The number of hydrogen-bond donors (Lipinski definition) is 1. The minimum Gasteiger partial charge on any atom is -0.507 e. The summed E-state index contributed by atoms with van der Waals surface area (Å²) >= 11 is 1.30. The van der Waals surface area contributed by atoms with Crippen LogP contribution in [0.2, 0.25) is 0 Å². The van der Waals surface area contributed by atoms with Gasteiger partial charge in [0.05, 0.1) is 22.9 Å². The van der Waals surface area contributed by atoms with Crippen molar-refractivity contribution in [1.29, 1.82) is 0 Å². The van der Waals surface area contributed by atoms with Crippen LogP contribution in [-0.4, -0.2) is 28.9 Å². The lowest BCUT2D eigenvalue weighted by atomic mass is 9.94. The standard InChI is InChI=1S/C27H21FN2O4S/c1-3-15-8-13-19-21(14-15)35-27(29-19)30-23(18-6-4-5-7-20(18)34-2)22(25(32)26(30)33)24(31)16-9-11-17(28)12-10-16/h4-14,23,31H,3H2,1-2H3/t23-/m0/s1. The summed E-state index contributed by atoms with van der Waals surface area (Å²) < 4.78 is 19.9. The number of aliphatic hydroxyl groups is 1. The number of rotatable bonds is 5. The van der Waals surface area contributed by atoms with Crippen LogP contribution in [0.3, 0.4) is 0 Å². The van der Waals surface area contributed by atoms with Gasteiger partial charge in [0.1, 0.15) is 23.4 Å². The summed E-state index contributed by atoms with van der Waals surface area (Å²) in [6, 6.07) is 17.0. The highest BCUT2D eigenvalue weighted by Gasteiger charge is 2.49. The Bertz CT molecular complexity index is 1490. The molecule has 6 nitrogen and oxygen atoms in total. The number of ether oxygens (including phenoxy) is 1. The molecule has 0 radical (unpaired) electrons. The van der Waals surface area contributed by atoms with Crippen molar-refractivity contribution in [2.24, 2.45) is 0 Å². The molecular formula is C27H21FN2O4S. The molecule has 1 amide bonds. The molecule has 8 heteroatoms. The molecule has 0 aliphatic carbocycles. The summed E-state index contributed by atoms with van der Waals surface area (Å²) in [6.07, 6.45) is 0.854. The second kappa shape index (κ2) is 8.96. The highest BCUT2D eigenvalue weighted by molar-refractivity contribution is 7.22. The first-order valence-electron chi connectivity index (χ1n) is 11.0. The number of carbonyl (C=O) groups excluding carboxylic acids is 2. The van der Waals surface area contributed by atoms with E-state index in [2.05, 4.69) is 11.9 Å². The van der Waals surface area contributed by atoms with E-state index in [4.69, 9.17) is 4.74 Å². The number of fused-ring (bicyclic) bond motifs is 1. The van der Waals surface area contributed by atoms with E-state index < -0.39 is 29.3 Å². The fraction of sp³-hybridized carbons (Fsp3) is 0.148. The summed E-state index contributed by atoms with van der Waals surface area (Å²) in [5, 5.41) is 11.5. The van der Waals surface area contributed by atoms with E-state index >= 15 is 0 Å². The molecule has 3 aromatic carbocycles. The van der Waals surface area contributed by atoms with Gasteiger partial charge in [0.15, 0.2) is 5.13 Å². The average Bonchev–Trinajstić information content (AvgIpc) is 3.41. The Hall–Kier alpha value is -4.04. The third kappa shape index (κ3) is 3.85. The number of amides is 1. The lowest BCUT2D eigenvalue weighted by Crippen LogP contribution is -2.29. The Morgan fingerprint density at radius 3 is 2.57 bits per heavy atom. The number of ketones is 1. The van der Waals surface area contributed by atoms with Crippen molar-refractivity contribution in [3.05, 3.63) is 94.8 Å². The van der Waals surface area contributed by atoms with Crippen molar-refractivity contribution in [2.75, 3.05) is 12.0 Å². The molecular weight excluding hydrogens is 467 g/mol. The zero-order valence-electron chi connectivity index (χ0n) is 19.0.